The van der Waals surface area contributed by atoms with Gasteiger partial charge in [-0.3, -0.25) is 9.59 Å². The lowest BCUT2D eigenvalue weighted by atomic mass is 10.2. The van der Waals surface area contributed by atoms with E-state index in [-0.39, 0.29) is 11.6 Å². The highest BCUT2D eigenvalue weighted by molar-refractivity contribution is 6.40. The molecule has 0 radical (unpaired) electrons. The molecule has 0 saturated carbocycles. The minimum Gasteiger partial charge on any atom is -0.493 e. The minimum atomic E-state index is -1.05. The van der Waals surface area contributed by atoms with E-state index in [2.05, 4.69) is 15.5 Å². The van der Waals surface area contributed by atoms with Crippen LogP contribution in [0.25, 0.3) is 10.9 Å². The minimum absolute atomic E-state index is 0.128. The number of hydrogen-bond donors (Lipinski definition) is 2. The molecule has 1 aromatic heterocycles. The number of aryl methyl sites for hydroxylation is 2. The fraction of sp³-hybridized carbons (Fsp3) is 0.111. The van der Waals surface area contributed by atoms with Gasteiger partial charge in [-0.05, 0) is 30.7 Å². The Bertz CT molecular complexity index is 1000. The maximum Gasteiger partial charge on any atom is 0.353 e. The van der Waals surface area contributed by atoms with E-state index in [0.29, 0.717) is 11.1 Å². The Labute approximate surface area is 143 Å². The molecular formula is C18H16N4O3. The second-order valence-electron chi connectivity index (χ2n) is 5.58. The van der Waals surface area contributed by atoms with Gasteiger partial charge in [-0.25, -0.2) is 0 Å². The van der Waals surface area contributed by atoms with Crippen LogP contribution in [0.5, 0.6) is 5.88 Å². The average Bonchev–Trinajstić information content (AvgIpc) is 2.84. The van der Waals surface area contributed by atoms with E-state index in [1.807, 2.05) is 19.1 Å². The molecule has 1 heterocycles. The zero-order chi connectivity index (χ0) is 18.0. The first-order chi connectivity index (χ1) is 12.0. The smallest absolute Gasteiger partial charge is 0.353 e. The van der Waals surface area contributed by atoms with Crippen molar-refractivity contribution in [3.63, 3.8) is 0 Å². The van der Waals surface area contributed by atoms with Crippen LogP contribution >= 0.6 is 0 Å². The van der Waals surface area contributed by atoms with Crippen LogP contribution in [0.4, 0.5) is 11.4 Å². The summed E-state index contributed by atoms with van der Waals surface area (Å²) in [6.07, 6.45) is 0. The van der Waals surface area contributed by atoms with E-state index in [0.717, 1.165) is 11.1 Å². The van der Waals surface area contributed by atoms with Gasteiger partial charge in [0.1, 0.15) is 0 Å². The number of nitrogens with zero attached hydrogens (tertiary/aromatic N) is 3. The molecule has 0 fully saturated rings. The molecule has 0 aliphatic rings. The van der Waals surface area contributed by atoms with Crippen molar-refractivity contribution in [2.24, 2.45) is 17.3 Å². The fourth-order valence-electron chi connectivity index (χ4n) is 2.51. The molecule has 0 bridgehead atoms. The fourth-order valence-corrected chi connectivity index (χ4v) is 2.51. The molecule has 0 saturated heterocycles. The highest BCUT2D eigenvalue weighted by atomic mass is 16.3. The van der Waals surface area contributed by atoms with Crippen LogP contribution in [0, 0.1) is 6.92 Å². The Hall–Kier alpha value is -3.48. The Balaban J connectivity index is 1.81. The van der Waals surface area contributed by atoms with E-state index >= 15 is 0 Å². The number of fused-ring (bicyclic) bond motifs is 1. The maximum absolute atomic E-state index is 11.9. The number of anilines is 1. The van der Waals surface area contributed by atoms with Gasteiger partial charge < -0.3 is 15.0 Å². The third-order valence-electron chi connectivity index (χ3n) is 3.76. The van der Waals surface area contributed by atoms with E-state index in [1.54, 1.807) is 43.4 Å². The van der Waals surface area contributed by atoms with Crippen LogP contribution in [0.3, 0.4) is 0 Å². The lowest BCUT2D eigenvalue weighted by molar-refractivity contribution is -0.134. The van der Waals surface area contributed by atoms with Crippen molar-refractivity contribution in [1.82, 2.24) is 4.57 Å². The van der Waals surface area contributed by atoms with Crippen LogP contribution in [0.15, 0.2) is 58.8 Å². The first kappa shape index (κ1) is 16.4. The quantitative estimate of drug-likeness (QED) is 0.554. The molecule has 2 N–H and O–H groups in total. The predicted molar refractivity (Wildman–Crippen MR) is 93.9 cm³/mol. The van der Waals surface area contributed by atoms with Crippen molar-refractivity contribution in [3.8, 4) is 5.88 Å². The predicted octanol–water partition coefficient (Wildman–Crippen LogP) is 3.44. The first-order valence-electron chi connectivity index (χ1n) is 7.57. The number of aromatic nitrogens is 1. The Kier molecular flexibility index (Phi) is 4.30. The molecule has 3 rings (SSSR count). The van der Waals surface area contributed by atoms with Gasteiger partial charge in [0.15, 0.2) is 5.69 Å². The molecule has 0 atom stereocenters. The largest absolute Gasteiger partial charge is 0.493 e. The maximum atomic E-state index is 11.9. The zero-order valence-corrected chi connectivity index (χ0v) is 13.7. The number of rotatable bonds is 2. The van der Waals surface area contributed by atoms with Crippen molar-refractivity contribution in [2.45, 2.75) is 6.92 Å². The SMILES string of the molecule is Cc1cccc(NC(=O)C(=O)N=Nc2c(O)n(C)c3ccccc23)c1. The number of benzene rings is 2. The third-order valence-corrected chi connectivity index (χ3v) is 3.76. The molecular weight excluding hydrogens is 320 g/mol. The van der Waals surface area contributed by atoms with Gasteiger partial charge in [0.2, 0.25) is 5.88 Å². The molecule has 0 spiro atoms. The molecule has 3 aromatic rings. The van der Waals surface area contributed by atoms with Crippen LogP contribution in [-0.4, -0.2) is 21.5 Å². The lowest BCUT2D eigenvalue weighted by Gasteiger charge is -2.02. The summed E-state index contributed by atoms with van der Waals surface area (Å²) in [5.74, 6) is -2.07. The number of aromatic hydroxyl groups is 1. The summed E-state index contributed by atoms with van der Waals surface area (Å²) in [5.41, 5.74) is 2.34. The van der Waals surface area contributed by atoms with Crippen molar-refractivity contribution < 1.29 is 14.7 Å². The molecule has 2 aromatic carbocycles. The standard InChI is InChI=1S/C18H16N4O3/c1-11-6-5-7-12(10-11)19-16(23)17(24)21-20-15-13-8-3-4-9-14(13)22(2)18(15)25/h3-10,25H,1-2H3,(H,19,23). The van der Waals surface area contributed by atoms with Gasteiger partial charge in [-0.2, -0.15) is 0 Å². The number of amides is 2. The molecule has 7 nitrogen and oxygen atoms in total. The van der Waals surface area contributed by atoms with E-state index < -0.39 is 11.8 Å². The highest BCUT2D eigenvalue weighted by Gasteiger charge is 2.16. The first-order valence-corrected chi connectivity index (χ1v) is 7.57. The number of nitrogens with one attached hydrogen (secondary N) is 1. The Morgan fingerprint density at radius 3 is 2.64 bits per heavy atom. The van der Waals surface area contributed by atoms with Crippen molar-refractivity contribution in [1.29, 1.82) is 0 Å². The van der Waals surface area contributed by atoms with Crippen LogP contribution < -0.4 is 5.32 Å². The average molecular weight is 336 g/mol. The van der Waals surface area contributed by atoms with Gasteiger partial charge in [-0.15, -0.1) is 10.2 Å². The van der Waals surface area contributed by atoms with Crippen LogP contribution in [0.1, 0.15) is 5.56 Å². The van der Waals surface area contributed by atoms with Gasteiger partial charge in [0, 0.05) is 18.1 Å². The number of carbonyl (C=O) groups is 2. The van der Waals surface area contributed by atoms with E-state index in [4.69, 9.17) is 0 Å². The highest BCUT2D eigenvalue weighted by Crippen LogP contribution is 2.37. The number of para-hydroxylation sites is 1. The molecule has 2 amide bonds. The second kappa shape index (κ2) is 6.56. The van der Waals surface area contributed by atoms with Crippen molar-refractivity contribution >= 4 is 34.1 Å². The van der Waals surface area contributed by atoms with Crippen LogP contribution in [0.2, 0.25) is 0 Å². The van der Waals surface area contributed by atoms with Crippen molar-refractivity contribution in [3.05, 3.63) is 54.1 Å². The molecule has 0 aliphatic heterocycles. The van der Waals surface area contributed by atoms with Crippen LogP contribution in [-0.2, 0) is 16.6 Å². The van der Waals surface area contributed by atoms with E-state index in [1.165, 1.54) is 4.57 Å². The van der Waals surface area contributed by atoms with Gasteiger partial charge in [0.05, 0.1) is 5.52 Å². The lowest BCUT2D eigenvalue weighted by Crippen LogP contribution is -2.20. The third kappa shape index (κ3) is 3.25. The van der Waals surface area contributed by atoms with Gasteiger partial charge in [-0.1, -0.05) is 30.3 Å². The van der Waals surface area contributed by atoms with Gasteiger partial charge in [0.25, 0.3) is 0 Å². The number of hydrogen-bond acceptors (Lipinski definition) is 4. The summed E-state index contributed by atoms with van der Waals surface area (Å²) in [5, 5.41) is 20.5. The summed E-state index contributed by atoms with van der Waals surface area (Å²) in [4.78, 5) is 23.8. The summed E-state index contributed by atoms with van der Waals surface area (Å²) >= 11 is 0. The molecule has 126 valence electrons. The molecule has 7 heteroatoms. The summed E-state index contributed by atoms with van der Waals surface area (Å²) < 4.78 is 1.53. The van der Waals surface area contributed by atoms with Crippen molar-refractivity contribution in [2.75, 3.05) is 5.32 Å². The zero-order valence-electron chi connectivity index (χ0n) is 13.7. The normalized spacial score (nSPS) is 11.1. The Morgan fingerprint density at radius 2 is 1.88 bits per heavy atom. The summed E-state index contributed by atoms with van der Waals surface area (Å²) in [6, 6.07) is 14.2. The topological polar surface area (TPSA) is 96.1 Å². The number of azo groups is 1. The Morgan fingerprint density at radius 1 is 1.12 bits per heavy atom. The summed E-state index contributed by atoms with van der Waals surface area (Å²) in [6.45, 7) is 1.88. The number of carbonyl (C=O) groups excluding carboxylic acids is 2. The van der Waals surface area contributed by atoms with E-state index in [9.17, 15) is 14.7 Å². The van der Waals surface area contributed by atoms with Gasteiger partial charge >= 0.3 is 11.8 Å². The molecule has 0 unspecified atom stereocenters. The molecule has 0 aliphatic carbocycles. The monoisotopic (exact) mass is 336 g/mol. The molecule has 25 heavy (non-hydrogen) atoms. The summed E-state index contributed by atoms with van der Waals surface area (Å²) in [7, 11) is 1.67. The second-order valence-corrected chi connectivity index (χ2v) is 5.58.